The van der Waals surface area contributed by atoms with E-state index in [1.54, 1.807) is 17.5 Å². The summed E-state index contributed by atoms with van der Waals surface area (Å²) in [6, 6.07) is 2.64. The number of nitrogens with zero attached hydrogens (tertiary/aromatic N) is 2. The van der Waals surface area contributed by atoms with Gasteiger partial charge in [-0.3, -0.25) is 4.79 Å². The van der Waals surface area contributed by atoms with E-state index >= 15 is 0 Å². The van der Waals surface area contributed by atoms with Crippen LogP contribution in [0.4, 0.5) is 5.13 Å². The van der Waals surface area contributed by atoms with Gasteiger partial charge in [-0.05, 0) is 49.5 Å². The zero-order valence-corrected chi connectivity index (χ0v) is 17.6. The van der Waals surface area contributed by atoms with E-state index < -0.39 is 16.1 Å². The minimum absolute atomic E-state index is 0.269. The summed E-state index contributed by atoms with van der Waals surface area (Å²) < 4.78 is 27.6. The van der Waals surface area contributed by atoms with Crippen LogP contribution in [0.3, 0.4) is 0 Å². The number of thiophene rings is 1. The van der Waals surface area contributed by atoms with Crippen molar-refractivity contribution in [3.63, 3.8) is 0 Å². The number of nitrogens with one attached hydrogen (secondary N) is 1. The van der Waals surface area contributed by atoms with Gasteiger partial charge < -0.3 is 5.32 Å². The smallest absolute Gasteiger partial charge is 0.253 e. The van der Waals surface area contributed by atoms with Crippen LogP contribution in [-0.2, 0) is 27.7 Å². The third-order valence-electron chi connectivity index (χ3n) is 5.23. The Hall–Kier alpha value is -1.29. The number of aryl methyl sites for hydroxylation is 1. The Labute approximate surface area is 167 Å². The van der Waals surface area contributed by atoms with Gasteiger partial charge in [-0.25, -0.2) is 13.4 Å². The van der Waals surface area contributed by atoms with E-state index in [2.05, 4.69) is 17.2 Å². The first-order valence-electron chi connectivity index (χ1n) is 9.30. The number of amides is 1. The van der Waals surface area contributed by atoms with E-state index in [1.165, 1.54) is 31.9 Å². The van der Waals surface area contributed by atoms with Crippen molar-refractivity contribution in [1.82, 2.24) is 9.29 Å². The van der Waals surface area contributed by atoms with Crippen molar-refractivity contribution in [3.8, 4) is 0 Å². The number of rotatable bonds is 4. The number of sulfonamides is 1. The summed E-state index contributed by atoms with van der Waals surface area (Å²) in [4.78, 5) is 18.7. The second-order valence-electron chi connectivity index (χ2n) is 7.29. The molecule has 1 N–H and O–H groups in total. The first-order chi connectivity index (χ1) is 12.9. The van der Waals surface area contributed by atoms with Crippen molar-refractivity contribution in [1.29, 1.82) is 0 Å². The Morgan fingerprint density at radius 3 is 2.96 bits per heavy atom. The fraction of sp³-hybridized carbons (Fsp3) is 0.556. The van der Waals surface area contributed by atoms with Gasteiger partial charge in [0.1, 0.15) is 10.3 Å². The number of hydrogen-bond acceptors (Lipinski definition) is 6. The van der Waals surface area contributed by atoms with Gasteiger partial charge in [-0.15, -0.1) is 22.7 Å². The van der Waals surface area contributed by atoms with E-state index in [0.29, 0.717) is 28.2 Å². The summed E-state index contributed by atoms with van der Waals surface area (Å²) in [5, 5.41) is 5.24. The monoisotopic (exact) mass is 425 g/mol. The highest BCUT2D eigenvalue weighted by molar-refractivity contribution is 7.91. The molecule has 1 aliphatic carbocycles. The number of anilines is 1. The Balaban J connectivity index is 1.53. The molecular weight excluding hydrogens is 402 g/mol. The number of aromatic nitrogens is 1. The molecule has 6 nitrogen and oxygen atoms in total. The van der Waals surface area contributed by atoms with E-state index in [0.717, 1.165) is 37.8 Å². The number of piperidine rings is 1. The van der Waals surface area contributed by atoms with Crippen LogP contribution in [0.15, 0.2) is 21.7 Å². The van der Waals surface area contributed by atoms with Crippen molar-refractivity contribution in [2.45, 2.75) is 55.7 Å². The molecule has 27 heavy (non-hydrogen) atoms. The summed E-state index contributed by atoms with van der Waals surface area (Å²) in [6.07, 6.45) is 5.24. The summed E-state index contributed by atoms with van der Waals surface area (Å²) in [7, 11) is -3.64. The van der Waals surface area contributed by atoms with Crippen molar-refractivity contribution < 1.29 is 13.2 Å². The summed E-state index contributed by atoms with van der Waals surface area (Å²) >= 11 is 2.72. The molecule has 0 saturated carbocycles. The van der Waals surface area contributed by atoms with Gasteiger partial charge >= 0.3 is 0 Å². The second kappa shape index (κ2) is 7.62. The molecule has 146 valence electrons. The molecule has 0 bridgehead atoms. The van der Waals surface area contributed by atoms with Crippen molar-refractivity contribution in [3.05, 3.63) is 28.1 Å². The number of carbonyl (C=O) groups excluding carboxylic acids is 1. The van der Waals surface area contributed by atoms with Gasteiger partial charge in [0.05, 0.1) is 5.69 Å². The van der Waals surface area contributed by atoms with Gasteiger partial charge in [-0.1, -0.05) is 19.4 Å². The quantitative estimate of drug-likeness (QED) is 0.813. The maximum atomic E-state index is 13.0. The highest BCUT2D eigenvalue weighted by atomic mass is 32.2. The molecule has 4 rings (SSSR count). The minimum Gasteiger partial charge on any atom is -0.301 e. The lowest BCUT2D eigenvalue weighted by atomic mass is 9.93. The van der Waals surface area contributed by atoms with E-state index in [1.807, 2.05) is 0 Å². The maximum Gasteiger partial charge on any atom is 0.253 e. The molecule has 0 unspecified atom stereocenters. The fourth-order valence-corrected chi connectivity index (χ4v) is 7.71. The van der Waals surface area contributed by atoms with Crippen molar-refractivity contribution in [2.75, 3.05) is 11.9 Å². The highest BCUT2D eigenvalue weighted by Gasteiger charge is 2.38. The fourth-order valence-electron chi connectivity index (χ4n) is 3.76. The predicted octanol–water partition coefficient (Wildman–Crippen LogP) is 3.51. The Kier molecular flexibility index (Phi) is 5.37. The number of thiazole rings is 1. The molecule has 2 atom stereocenters. The van der Waals surface area contributed by atoms with Crippen molar-refractivity contribution >= 4 is 43.7 Å². The molecule has 1 fully saturated rings. The molecule has 3 heterocycles. The number of carbonyl (C=O) groups is 1. The normalized spacial score (nSPS) is 23.7. The van der Waals surface area contributed by atoms with Gasteiger partial charge in [0.2, 0.25) is 5.91 Å². The SMILES string of the molecule is C[C@H]1CCc2nc(NC(=O)[C@@H]3CCCCN3S(=O)(=O)c3cccs3)sc2C1. The Bertz CT molecular complexity index is 921. The molecule has 2 aliphatic rings. The lowest BCUT2D eigenvalue weighted by Crippen LogP contribution is -2.49. The van der Waals surface area contributed by atoms with Crippen LogP contribution in [-0.4, -0.2) is 36.2 Å². The maximum absolute atomic E-state index is 13.0. The molecule has 2 aromatic rings. The van der Waals surface area contributed by atoms with Crippen LogP contribution < -0.4 is 5.32 Å². The van der Waals surface area contributed by atoms with E-state index in [4.69, 9.17) is 0 Å². The summed E-state index contributed by atoms with van der Waals surface area (Å²) in [5.41, 5.74) is 1.08. The first-order valence-corrected chi connectivity index (χ1v) is 12.4. The summed E-state index contributed by atoms with van der Waals surface area (Å²) in [6.45, 7) is 2.61. The summed E-state index contributed by atoms with van der Waals surface area (Å²) in [5.74, 6) is 0.375. The zero-order valence-electron chi connectivity index (χ0n) is 15.2. The number of hydrogen-bond donors (Lipinski definition) is 1. The highest BCUT2D eigenvalue weighted by Crippen LogP contribution is 2.33. The van der Waals surface area contributed by atoms with Crippen LogP contribution in [0.5, 0.6) is 0 Å². The molecule has 0 aromatic carbocycles. The van der Waals surface area contributed by atoms with Gasteiger partial charge in [-0.2, -0.15) is 4.31 Å². The van der Waals surface area contributed by atoms with Crippen LogP contribution in [0.1, 0.15) is 43.2 Å². The Morgan fingerprint density at radius 1 is 1.33 bits per heavy atom. The molecular formula is C18H23N3O3S3. The Morgan fingerprint density at radius 2 is 2.19 bits per heavy atom. The molecule has 1 saturated heterocycles. The number of fused-ring (bicyclic) bond motifs is 1. The van der Waals surface area contributed by atoms with E-state index in [9.17, 15) is 13.2 Å². The van der Waals surface area contributed by atoms with Gasteiger partial charge in [0.25, 0.3) is 10.0 Å². The van der Waals surface area contributed by atoms with Gasteiger partial charge in [0, 0.05) is 11.4 Å². The standard InChI is InChI=1S/C18H23N3O3S3/c1-12-7-8-13-15(11-12)26-18(19-13)20-17(22)14-5-2-3-9-21(14)27(23,24)16-6-4-10-25-16/h4,6,10,12,14H,2-3,5,7-9,11H2,1H3,(H,19,20,22)/t12-,14-/m0/s1. The largest absolute Gasteiger partial charge is 0.301 e. The van der Waals surface area contributed by atoms with Crippen LogP contribution in [0.2, 0.25) is 0 Å². The zero-order chi connectivity index (χ0) is 19.0. The van der Waals surface area contributed by atoms with Crippen LogP contribution in [0, 0.1) is 5.92 Å². The van der Waals surface area contributed by atoms with Crippen LogP contribution >= 0.6 is 22.7 Å². The van der Waals surface area contributed by atoms with Crippen molar-refractivity contribution in [2.24, 2.45) is 5.92 Å². The van der Waals surface area contributed by atoms with Crippen LogP contribution in [0.25, 0.3) is 0 Å². The van der Waals surface area contributed by atoms with Gasteiger partial charge in [0.15, 0.2) is 5.13 Å². The average molecular weight is 426 g/mol. The molecule has 1 amide bonds. The third kappa shape index (κ3) is 3.83. The van der Waals surface area contributed by atoms with E-state index in [-0.39, 0.29) is 5.91 Å². The molecule has 9 heteroatoms. The second-order valence-corrected chi connectivity index (χ2v) is 11.4. The predicted molar refractivity (Wildman–Crippen MR) is 108 cm³/mol. The lowest BCUT2D eigenvalue weighted by Gasteiger charge is -2.32. The molecule has 0 spiro atoms. The topological polar surface area (TPSA) is 79.4 Å². The average Bonchev–Trinajstić information content (AvgIpc) is 3.31. The minimum atomic E-state index is -3.64. The lowest BCUT2D eigenvalue weighted by molar-refractivity contribution is -0.120. The third-order valence-corrected chi connectivity index (χ3v) is 9.55. The molecule has 2 aromatic heterocycles. The molecule has 0 radical (unpaired) electrons. The first kappa shape index (κ1) is 19.0. The molecule has 1 aliphatic heterocycles.